The number of likely N-dealkylation sites (N-methyl/N-ethyl adjacent to an activating group) is 1. The summed E-state index contributed by atoms with van der Waals surface area (Å²) in [7, 11) is 4.08. The molecule has 4 N–H and O–H groups in total. The molecule has 1 aliphatic heterocycles. The molecule has 1 heterocycles. The van der Waals surface area contributed by atoms with E-state index in [0.29, 0.717) is 12.5 Å². The molecule has 0 spiro atoms. The molecular weight excluding hydrogens is 220 g/mol. The third-order valence-corrected chi connectivity index (χ3v) is 3.09. The van der Waals surface area contributed by atoms with Crippen molar-refractivity contribution in [1.82, 2.24) is 9.80 Å². The predicted octanol–water partition coefficient (Wildman–Crippen LogP) is -0.490. The minimum atomic E-state index is -0.219. The molecule has 0 amide bonds. The molecule has 2 unspecified atom stereocenters. The standard InChI is InChI=1S/C11H24N4O2/c1-14(2)7-9-6-10(16)8-15(9)5-3-4-11(12)13-17/h9-10,16-17H,3-8H2,1-2H3,(H2,12,13). The third kappa shape index (κ3) is 4.89. The summed E-state index contributed by atoms with van der Waals surface area (Å²) < 4.78 is 0. The van der Waals surface area contributed by atoms with Crippen molar-refractivity contribution in [2.45, 2.75) is 31.4 Å². The summed E-state index contributed by atoms with van der Waals surface area (Å²) in [5.41, 5.74) is 5.42. The van der Waals surface area contributed by atoms with Gasteiger partial charge in [-0.15, -0.1) is 0 Å². The Morgan fingerprint density at radius 1 is 1.53 bits per heavy atom. The van der Waals surface area contributed by atoms with Crippen LogP contribution in [0.4, 0.5) is 0 Å². The van der Waals surface area contributed by atoms with Crippen molar-refractivity contribution in [2.75, 3.05) is 33.7 Å². The summed E-state index contributed by atoms with van der Waals surface area (Å²) >= 11 is 0. The lowest BCUT2D eigenvalue weighted by Gasteiger charge is -2.26. The second-order valence-electron chi connectivity index (χ2n) is 5.00. The summed E-state index contributed by atoms with van der Waals surface area (Å²) in [5, 5.41) is 21.1. The molecular formula is C11H24N4O2. The SMILES string of the molecule is CN(C)CC1CC(O)CN1CCCC(N)=NO. The molecule has 1 saturated heterocycles. The highest BCUT2D eigenvalue weighted by Gasteiger charge is 2.30. The van der Waals surface area contributed by atoms with Gasteiger partial charge in [0.05, 0.1) is 6.10 Å². The molecule has 1 rings (SSSR count). The predicted molar refractivity (Wildman–Crippen MR) is 67.2 cm³/mol. The number of aliphatic hydroxyl groups is 1. The zero-order chi connectivity index (χ0) is 12.8. The number of β-amino-alcohol motifs (C(OH)–C–C–N with tert-alkyl or cyclic N) is 1. The molecule has 0 saturated carbocycles. The van der Waals surface area contributed by atoms with Gasteiger partial charge in [-0.25, -0.2) is 0 Å². The molecule has 0 aliphatic carbocycles. The van der Waals surface area contributed by atoms with E-state index >= 15 is 0 Å². The van der Waals surface area contributed by atoms with Gasteiger partial charge in [0.15, 0.2) is 0 Å². The molecule has 0 aromatic carbocycles. The fraction of sp³-hybridized carbons (Fsp3) is 0.909. The topological polar surface area (TPSA) is 85.3 Å². The van der Waals surface area contributed by atoms with Gasteiger partial charge in [-0.2, -0.15) is 0 Å². The van der Waals surface area contributed by atoms with Crippen LogP contribution in [0.25, 0.3) is 0 Å². The van der Waals surface area contributed by atoms with E-state index in [1.54, 1.807) is 0 Å². The van der Waals surface area contributed by atoms with Crippen LogP contribution in [0, 0.1) is 0 Å². The van der Waals surface area contributed by atoms with Crippen molar-refractivity contribution in [3.63, 3.8) is 0 Å². The van der Waals surface area contributed by atoms with Crippen LogP contribution in [0.3, 0.4) is 0 Å². The van der Waals surface area contributed by atoms with Crippen molar-refractivity contribution in [3.8, 4) is 0 Å². The molecule has 0 aromatic heterocycles. The average Bonchev–Trinajstić information content (AvgIpc) is 2.58. The third-order valence-electron chi connectivity index (χ3n) is 3.09. The number of aliphatic hydroxyl groups excluding tert-OH is 1. The fourth-order valence-corrected chi connectivity index (χ4v) is 2.36. The van der Waals surface area contributed by atoms with Crippen LogP contribution in [-0.2, 0) is 0 Å². The number of hydrogen-bond acceptors (Lipinski definition) is 5. The van der Waals surface area contributed by atoms with Gasteiger partial charge in [0, 0.05) is 25.6 Å². The number of nitrogens with zero attached hydrogens (tertiary/aromatic N) is 3. The molecule has 2 atom stereocenters. The average molecular weight is 244 g/mol. The number of amidine groups is 1. The van der Waals surface area contributed by atoms with Crippen molar-refractivity contribution in [1.29, 1.82) is 0 Å². The Balaban J connectivity index is 2.34. The molecule has 6 heteroatoms. The first-order valence-electron chi connectivity index (χ1n) is 6.06. The van der Waals surface area contributed by atoms with E-state index in [2.05, 4.69) is 15.0 Å². The Morgan fingerprint density at radius 3 is 2.82 bits per heavy atom. The van der Waals surface area contributed by atoms with Crippen LogP contribution in [0.1, 0.15) is 19.3 Å². The number of oxime groups is 1. The molecule has 100 valence electrons. The van der Waals surface area contributed by atoms with Crippen molar-refractivity contribution in [2.24, 2.45) is 10.9 Å². The number of hydrogen-bond donors (Lipinski definition) is 3. The Bertz CT molecular complexity index is 258. The zero-order valence-electron chi connectivity index (χ0n) is 10.7. The Hall–Kier alpha value is -0.850. The van der Waals surface area contributed by atoms with E-state index in [9.17, 15) is 5.11 Å². The van der Waals surface area contributed by atoms with E-state index in [4.69, 9.17) is 10.9 Å². The fourth-order valence-electron chi connectivity index (χ4n) is 2.36. The molecule has 0 radical (unpaired) electrons. The summed E-state index contributed by atoms with van der Waals surface area (Å²) in [6.07, 6.45) is 2.07. The molecule has 1 fully saturated rings. The van der Waals surface area contributed by atoms with Crippen molar-refractivity contribution >= 4 is 5.84 Å². The Labute approximate surface area is 103 Å². The van der Waals surface area contributed by atoms with Gasteiger partial charge >= 0.3 is 0 Å². The minimum Gasteiger partial charge on any atom is -0.409 e. The second kappa shape index (κ2) is 6.78. The van der Waals surface area contributed by atoms with E-state index in [1.165, 1.54) is 0 Å². The highest BCUT2D eigenvalue weighted by molar-refractivity contribution is 5.79. The Morgan fingerprint density at radius 2 is 2.24 bits per heavy atom. The summed E-state index contributed by atoms with van der Waals surface area (Å²) in [6.45, 7) is 2.57. The van der Waals surface area contributed by atoms with Crippen LogP contribution in [0.2, 0.25) is 0 Å². The summed E-state index contributed by atoms with van der Waals surface area (Å²) in [6, 6.07) is 0.410. The highest BCUT2D eigenvalue weighted by Crippen LogP contribution is 2.18. The van der Waals surface area contributed by atoms with E-state index in [-0.39, 0.29) is 11.9 Å². The normalized spacial score (nSPS) is 26.9. The van der Waals surface area contributed by atoms with Crippen LogP contribution in [-0.4, -0.2) is 71.8 Å². The lowest BCUT2D eigenvalue weighted by molar-refractivity contribution is 0.172. The maximum atomic E-state index is 9.69. The first-order chi connectivity index (χ1) is 8.02. The monoisotopic (exact) mass is 244 g/mol. The minimum absolute atomic E-state index is 0.219. The Kier molecular flexibility index (Phi) is 5.67. The van der Waals surface area contributed by atoms with Gasteiger partial charge in [-0.1, -0.05) is 5.16 Å². The number of nitrogens with two attached hydrogens (primary N) is 1. The van der Waals surface area contributed by atoms with Crippen molar-refractivity contribution < 1.29 is 10.3 Å². The zero-order valence-corrected chi connectivity index (χ0v) is 10.7. The molecule has 1 aliphatic rings. The van der Waals surface area contributed by atoms with Crippen LogP contribution in [0.15, 0.2) is 5.16 Å². The van der Waals surface area contributed by atoms with Crippen LogP contribution >= 0.6 is 0 Å². The van der Waals surface area contributed by atoms with E-state index < -0.39 is 0 Å². The summed E-state index contributed by atoms with van der Waals surface area (Å²) in [5.74, 6) is 0.272. The maximum Gasteiger partial charge on any atom is 0.139 e. The molecule has 6 nitrogen and oxygen atoms in total. The van der Waals surface area contributed by atoms with Gasteiger partial charge in [-0.05, 0) is 33.5 Å². The first kappa shape index (κ1) is 14.2. The summed E-state index contributed by atoms with van der Waals surface area (Å²) in [4.78, 5) is 4.43. The lowest BCUT2D eigenvalue weighted by atomic mass is 10.2. The van der Waals surface area contributed by atoms with Gasteiger partial charge in [-0.3, -0.25) is 4.90 Å². The maximum absolute atomic E-state index is 9.69. The van der Waals surface area contributed by atoms with E-state index in [1.807, 2.05) is 14.1 Å². The number of rotatable bonds is 6. The quantitative estimate of drug-likeness (QED) is 0.254. The van der Waals surface area contributed by atoms with Gasteiger partial charge in [0.25, 0.3) is 0 Å². The lowest BCUT2D eigenvalue weighted by Crippen LogP contribution is -2.38. The van der Waals surface area contributed by atoms with Gasteiger partial charge in [0.2, 0.25) is 0 Å². The first-order valence-corrected chi connectivity index (χ1v) is 6.06. The second-order valence-corrected chi connectivity index (χ2v) is 5.00. The van der Waals surface area contributed by atoms with Crippen LogP contribution < -0.4 is 5.73 Å². The van der Waals surface area contributed by atoms with Crippen LogP contribution in [0.5, 0.6) is 0 Å². The van der Waals surface area contributed by atoms with Gasteiger partial charge < -0.3 is 20.9 Å². The smallest absolute Gasteiger partial charge is 0.139 e. The molecule has 17 heavy (non-hydrogen) atoms. The van der Waals surface area contributed by atoms with Gasteiger partial charge in [0.1, 0.15) is 5.84 Å². The van der Waals surface area contributed by atoms with Crippen molar-refractivity contribution in [3.05, 3.63) is 0 Å². The highest BCUT2D eigenvalue weighted by atomic mass is 16.4. The molecule has 0 bridgehead atoms. The largest absolute Gasteiger partial charge is 0.409 e. The number of likely N-dealkylation sites (tertiary alicyclic amines) is 1. The molecule has 0 aromatic rings. The van der Waals surface area contributed by atoms with E-state index in [0.717, 1.165) is 32.5 Å².